The SMILES string of the molecule is CC(C(=O)Nc1ccccc1)N(C)Cc1ccc(Cl)nc1. The standard InChI is InChI=1S/C16H18ClN3O/c1-12(16(21)19-14-6-4-3-5-7-14)20(2)11-13-8-9-15(17)18-10-13/h3-10,12H,11H2,1-2H3,(H,19,21). The second-order valence-corrected chi connectivity index (χ2v) is 5.32. The lowest BCUT2D eigenvalue weighted by atomic mass is 10.2. The lowest BCUT2D eigenvalue weighted by Gasteiger charge is -2.23. The number of benzene rings is 1. The van der Waals surface area contributed by atoms with E-state index in [2.05, 4.69) is 10.3 Å². The number of pyridine rings is 1. The number of carbonyl (C=O) groups is 1. The van der Waals surface area contributed by atoms with Gasteiger partial charge in [0.15, 0.2) is 0 Å². The molecule has 1 unspecified atom stereocenters. The number of hydrogen-bond acceptors (Lipinski definition) is 3. The Morgan fingerprint density at radius 3 is 2.62 bits per heavy atom. The zero-order valence-corrected chi connectivity index (χ0v) is 12.8. The Kier molecular flexibility index (Phi) is 5.31. The second kappa shape index (κ2) is 7.20. The van der Waals surface area contributed by atoms with Crippen molar-refractivity contribution in [3.8, 4) is 0 Å². The molecule has 5 heteroatoms. The molecule has 110 valence electrons. The maximum Gasteiger partial charge on any atom is 0.241 e. The van der Waals surface area contributed by atoms with Crippen LogP contribution in [-0.4, -0.2) is 28.9 Å². The van der Waals surface area contributed by atoms with Gasteiger partial charge in [-0.1, -0.05) is 35.9 Å². The van der Waals surface area contributed by atoms with Crippen LogP contribution >= 0.6 is 11.6 Å². The van der Waals surface area contributed by atoms with Crippen LogP contribution in [0.4, 0.5) is 5.69 Å². The number of nitrogens with zero attached hydrogens (tertiary/aromatic N) is 2. The number of para-hydroxylation sites is 1. The minimum absolute atomic E-state index is 0.0365. The van der Waals surface area contributed by atoms with Gasteiger partial charge in [0.1, 0.15) is 5.15 Å². The van der Waals surface area contributed by atoms with Crippen LogP contribution in [0.1, 0.15) is 12.5 Å². The van der Waals surface area contributed by atoms with E-state index in [4.69, 9.17) is 11.6 Å². The molecule has 0 radical (unpaired) electrons. The Labute approximate surface area is 129 Å². The smallest absolute Gasteiger partial charge is 0.241 e. The molecule has 2 aromatic rings. The summed E-state index contributed by atoms with van der Waals surface area (Å²) in [6, 6.07) is 12.8. The lowest BCUT2D eigenvalue weighted by molar-refractivity contribution is -0.120. The highest BCUT2D eigenvalue weighted by Crippen LogP contribution is 2.11. The van der Waals surface area contributed by atoms with Crippen LogP contribution in [0, 0.1) is 0 Å². The molecule has 0 bridgehead atoms. The van der Waals surface area contributed by atoms with Crippen LogP contribution in [0.15, 0.2) is 48.7 Å². The van der Waals surface area contributed by atoms with E-state index < -0.39 is 0 Å². The van der Waals surface area contributed by atoms with E-state index in [-0.39, 0.29) is 11.9 Å². The van der Waals surface area contributed by atoms with Crippen LogP contribution in [0.25, 0.3) is 0 Å². The molecule has 0 saturated carbocycles. The van der Waals surface area contributed by atoms with Gasteiger partial charge in [0.2, 0.25) is 5.91 Å². The average molecular weight is 304 g/mol. The zero-order chi connectivity index (χ0) is 15.2. The zero-order valence-electron chi connectivity index (χ0n) is 12.1. The molecule has 0 aliphatic carbocycles. The first kappa shape index (κ1) is 15.5. The van der Waals surface area contributed by atoms with Gasteiger partial charge in [-0.3, -0.25) is 9.69 Å². The van der Waals surface area contributed by atoms with Crippen molar-refractivity contribution in [1.29, 1.82) is 0 Å². The van der Waals surface area contributed by atoms with Crippen LogP contribution in [0.5, 0.6) is 0 Å². The van der Waals surface area contributed by atoms with Crippen LogP contribution in [0.2, 0.25) is 5.15 Å². The Bertz CT molecular complexity index is 586. The summed E-state index contributed by atoms with van der Waals surface area (Å²) < 4.78 is 0. The highest BCUT2D eigenvalue weighted by molar-refractivity contribution is 6.29. The molecule has 0 saturated heterocycles. The summed E-state index contributed by atoms with van der Waals surface area (Å²) in [4.78, 5) is 18.2. The maximum absolute atomic E-state index is 12.2. The van der Waals surface area contributed by atoms with E-state index in [1.54, 1.807) is 12.3 Å². The monoisotopic (exact) mass is 303 g/mol. The number of carbonyl (C=O) groups excluding carboxylic acids is 1. The molecule has 0 aliphatic heterocycles. The molecule has 21 heavy (non-hydrogen) atoms. The number of amides is 1. The average Bonchev–Trinajstić information content (AvgIpc) is 2.49. The molecule has 1 N–H and O–H groups in total. The van der Waals surface area contributed by atoms with Crippen molar-refractivity contribution in [3.63, 3.8) is 0 Å². The topological polar surface area (TPSA) is 45.2 Å². The number of nitrogens with one attached hydrogen (secondary N) is 1. The first-order valence-corrected chi connectivity index (χ1v) is 7.10. The molecule has 4 nitrogen and oxygen atoms in total. The fourth-order valence-electron chi connectivity index (χ4n) is 1.89. The molecule has 1 atom stereocenters. The normalized spacial score (nSPS) is 12.2. The van der Waals surface area contributed by atoms with Crippen molar-refractivity contribution >= 4 is 23.2 Å². The largest absolute Gasteiger partial charge is 0.325 e. The fraction of sp³-hybridized carbons (Fsp3) is 0.250. The first-order valence-electron chi connectivity index (χ1n) is 6.73. The molecule has 1 heterocycles. The van der Waals surface area contributed by atoms with Gasteiger partial charge in [0, 0.05) is 18.4 Å². The minimum atomic E-state index is -0.249. The van der Waals surface area contributed by atoms with Crippen molar-refractivity contribution in [2.24, 2.45) is 0 Å². The third-order valence-corrected chi connectivity index (χ3v) is 3.53. The maximum atomic E-state index is 12.2. The highest BCUT2D eigenvalue weighted by Gasteiger charge is 2.18. The Hall–Kier alpha value is -1.91. The minimum Gasteiger partial charge on any atom is -0.325 e. The van der Waals surface area contributed by atoms with Crippen molar-refractivity contribution in [2.75, 3.05) is 12.4 Å². The fourth-order valence-corrected chi connectivity index (χ4v) is 2.01. The van der Waals surface area contributed by atoms with Crippen molar-refractivity contribution < 1.29 is 4.79 Å². The molecule has 1 amide bonds. The van der Waals surface area contributed by atoms with E-state index >= 15 is 0 Å². The number of hydrogen-bond donors (Lipinski definition) is 1. The Morgan fingerprint density at radius 1 is 1.29 bits per heavy atom. The van der Waals surface area contributed by atoms with E-state index in [0.717, 1.165) is 11.3 Å². The third-order valence-electron chi connectivity index (χ3n) is 3.30. The number of aromatic nitrogens is 1. The lowest BCUT2D eigenvalue weighted by Crippen LogP contribution is -2.39. The molecular formula is C16H18ClN3O. The van der Waals surface area contributed by atoms with Gasteiger partial charge in [-0.15, -0.1) is 0 Å². The summed E-state index contributed by atoms with van der Waals surface area (Å²) in [7, 11) is 1.91. The van der Waals surface area contributed by atoms with Crippen molar-refractivity contribution in [3.05, 3.63) is 59.4 Å². The van der Waals surface area contributed by atoms with Crippen LogP contribution in [-0.2, 0) is 11.3 Å². The van der Waals surface area contributed by atoms with E-state index in [1.165, 1.54) is 0 Å². The second-order valence-electron chi connectivity index (χ2n) is 4.94. The quantitative estimate of drug-likeness (QED) is 0.863. The van der Waals surface area contributed by atoms with Gasteiger partial charge in [-0.2, -0.15) is 0 Å². The predicted molar refractivity (Wildman–Crippen MR) is 85.2 cm³/mol. The van der Waals surface area contributed by atoms with Gasteiger partial charge in [0.05, 0.1) is 6.04 Å². The summed E-state index contributed by atoms with van der Waals surface area (Å²) in [5.41, 5.74) is 1.82. The van der Waals surface area contributed by atoms with E-state index in [1.807, 2.05) is 55.3 Å². The van der Waals surface area contributed by atoms with E-state index in [9.17, 15) is 4.79 Å². The molecule has 0 spiro atoms. The van der Waals surface area contributed by atoms with Gasteiger partial charge >= 0.3 is 0 Å². The summed E-state index contributed by atoms with van der Waals surface area (Å²) in [5.74, 6) is -0.0365. The summed E-state index contributed by atoms with van der Waals surface area (Å²) in [5, 5.41) is 3.37. The Morgan fingerprint density at radius 2 is 2.00 bits per heavy atom. The van der Waals surface area contributed by atoms with Crippen LogP contribution < -0.4 is 5.32 Å². The number of anilines is 1. The molecule has 1 aromatic heterocycles. The summed E-state index contributed by atoms with van der Waals surface area (Å²) in [6.07, 6.45) is 1.72. The molecule has 0 fully saturated rings. The van der Waals surface area contributed by atoms with Gasteiger partial charge in [0.25, 0.3) is 0 Å². The van der Waals surface area contributed by atoms with Crippen molar-refractivity contribution in [2.45, 2.75) is 19.5 Å². The van der Waals surface area contributed by atoms with Gasteiger partial charge in [-0.05, 0) is 37.7 Å². The highest BCUT2D eigenvalue weighted by atomic mass is 35.5. The molecule has 1 aromatic carbocycles. The van der Waals surface area contributed by atoms with Gasteiger partial charge < -0.3 is 5.32 Å². The number of likely N-dealkylation sites (N-methyl/N-ethyl adjacent to an activating group) is 1. The molecule has 2 rings (SSSR count). The predicted octanol–water partition coefficient (Wildman–Crippen LogP) is 3.19. The summed E-state index contributed by atoms with van der Waals surface area (Å²) >= 11 is 5.76. The Balaban J connectivity index is 1.93. The number of rotatable bonds is 5. The molecular weight excluding hydrogens is 286 g/mol. The third kappa shape index (κ3) is 4.55. The van der Waals surface area contributed by atoms with Crippen molar-refractivity contribution in [1.82, 2.24) is 9.88 Å². The van der Waals surface area contributed by atoms with E-state index in [0.29, 0.717) is 11.7 Å². The number of halogens is 1. The summed E-state index contributed by atoms with van der Waals surface area (Å²) in [6.45, 7) is 2.51. The molecule has 0 aliphatic rings. The first-order chi connectivity index (χ1) is 10.1. The van der Waals surface area contributed by atoms with Gasteiger partial charge in [-0.25, -0.2) is 4.98 Å². The van der Waals surface area contributed by atoms with Crippen LogP contribution in [0.3, 0.4) is 0 Å².